The number of oxazole rings is 1. The number of aryl methyl sites for hydroxylation is 2. The molecule has 1 rings (SSSR count). The van der Waals surface area contributed by atoms with Gasteiger partial charge in [0.1, 0.15) is 5.76 Å². The van der Waals surface area contributed by atoms with Crippen LogP contribution in [0.2, 0.25) is 0 Å². The molecule has 0 aromatic carbocycles. The van der Waals surface area contributed by atoms with Gasteiger partial charge in [0.05, 0.1) is 5.69 Å². The number of nitrogens with zero attached hydrogens (tertiary/aromatic N) is 1. The van der Waals surface area contributed by atoms with Crippen LogP contribution in [-0.2, 0) is 6.42 Å². The van der Waals surface area contributed by atoms with E-state index in [0.717, 1.165) is 23.8 Å². The maximum atomic E-state index is 5.41. The average Bonchev–Trinajstić information content (AvgIpc) is 2.10. The SMILES string of the molecule is Cc1nc(CC(C)C)oc1C. The molecule has 1 heterocycles. The molecule has 2 heteroatoms. The molecule has 0 amide bonds. The van der Waals surface area contributed by atoms with Gasteiger partial charge in [0, 0.05) is 6.42 Å². The molecule has 0 saturated carbocycles. The third-order valence-electron chi connectivity index (χ3n) is 1.66. The Bertz CT molecular complexity index is 218. The van der Waals surface area contributed by atoms with Crippen LogP contribution in [-0.4, -0.2) is 4.98 Å². The molecule has 11 heavy (non-hydrogen) atoms. The summed E-state index contributed by atoms with van der Waals surface area (Å²) >= 11 is 0. The maximum Gasteiger partial charge on any atom is 0.194 e. The van der Waals surface area contributed by atoms with E-state index in [-0.39, 0.29) is 0 Å². The van der Waals surface area contributed by atoms with Crippen LogP contribution < -0.4 is 0 Å². The molecule has 0 spiro atoms. The minimum absolute atomic E-state index is 0.618. The molecule has 0 saturated heterocycles. The first-order valence-corrected chi connectivity index (χ1v) is 4.02. The van der Waals surface area contributed by atoms with E-state index in [9.17, 15) is 0 Å². The summed E-state index contributed by atoms with van der Waals surface area (Å²) in [5.74, 6) is 2.43. The van der Waals surface area contributed by atoms with Crippen LogP contribution >= 0.6 is 0 Å². The Morgan fingerprint density at radius 2 is 2.00 bits per heavy atom. The monoisotopic (exact) mass is 153 g/mol. The van der Waals surface area contributed by atoms with Gasteiger partial charge in [0.2, 0.25) is 0 Å². The summed E-state index contributed by atoms with van der Waals surface area (Å²) in [7, 11) is 0. The molecule has 0 fully saturated rings. The van der Waals surface area contributed by atoms with Crippen molar-refractivity contribution in [2.75, 3.05) is 0 Å². The van der Waals surface area contributed by atoms with Crippen LogP contribution in [0.25, 0.3) is 0 Å². The highest BCUT2D eigenvalue weighted by Gasteiger charge is 2.06. The van der Waals surface area contributed by atoms with Gasteiger partial charge in [-0.05, 0) is 19.8 Å². The van der Waals surface area contributed by atoms with Crippen LogP contribution in [0.15, 0.2) is 4.42 Å². The quantitative estimate of drug-likeness (QED) is 0.652. The summed E-state index contributed by atoms with van der Waals surface area (Å²) in [5.41, 5.74) is 1.01. The first-order valence-electron chi connectivity index (χ1n) is 4.02. The zero-order chi connectivity index (χ0) is 8.43. The van der Waals surface area contributed by atoms with Gasteiger partial charge in [-0.2, -0.15) is 0 Å². The van der Waals surface area contributed by atoms with Crippen molar-refractivity contribution in [1.29, 1.82) is 0 Å². The molecule has 0 aliphatic heterocycles. The summed E-state index contributed by atoms with van der Waals surface area (Å²) in [6, 6.07) is 0. The fourth-order valence-electron chi connectivity index (χ4n) is 0.976. The van der Waals surface area contributed by atoms with E-state index < -0.39 is 0 Å². The Morgan fingerprint density at radius 3 is 2.36 bits per heavy atom. The summed E-state index contributed by atoms with van der Waals surface area (Å²) in [5, 5.41) is 0. The van der Waals surface area contributed by atoms with E-state index in [0.29, 0.717) is 5.92 Å². The minimum Gasteiger partial charge on any atom is -0.446 e. The van der Waals surface area contributed by atoms with Gasteiger partial charge < -0.3 is 4.42 Å². The molecule has 0 aliphatic carbocycles. The van der Waals surface area contributed by atoms with Crippen LogP contribution in [0.3, 0.4) is 0 Å². The Labute approximate surface area is 67.6 Å². The summed E-state index contributed by atoms with van der Waals surface area (Å²) < 4.78 is 5.41. The third kappa shape index (κ3) is 2.07. The second kappa shape index (κ2) is 3.07. The molecule has 1 aromatic heterocycles. The Balaban J connectivity index is 2.73. The van der Waals surface area contributed by atoms with E-state index >= 15 is 0 Å². The highest BCUT2D eigenvalue weighted by molar-refractivity contribution is 5.05. The predicted octanol–water partition coefficient (Wildman–Crippen LogP) is 2.49. The van der Waals surface area contributed by atoms with Crippen LogP contribution in [0.5, 0.6) is 0 Å². The molecule has 0 atom stereocenters. The predicted molar refractivity (Wildman–Crippen MR) is 44.5 cm³/mol. The van der Waals surface area contributed by atoms with Gasteiger partial charge in [-0.1, -0.05) is 13.8 Å². The summed E-state index contributed by atoms with van der Waals surface area (Å²) in [4.78, 5) is 4.28. The van der Waals surface area contributed by atoms with Crippen molar-refractivity contribution in [2.24, 2.45) is 5.92 Å². The standard InChI is InChI=1S/C9H15NO/c1-6(2)5-9-10-7(3)8(4)11-9/h6H,5H2,1-4H3. The molecule has 2 nitrogen and oxygen atoms in total. The smallest absolute Gasteiger partial charge is 0.194 e. The first kappa shape index (κ1) is 8.31. The first-order chi connectivity index (χ1) is 5.09. The van der Waals surface area contributed by atoms with Gasteiger partial charge >= 0.3 is 0 Å². The molecule has 62 valence electrons. The van der Waals surface area contributed by atoms with E-state index in [2.05, 4.69) is 18.8 Å². The molecular weight excluding hydrogens is 138 g/mol. The topological polar surface area (TPSA) is 26.0 Å². The van der Waals surface area contributed by atoms with E-state index in [1.165, 1.54) is 0 Å². The lowest BCUT2D eigenvalue weighted by atomic mass is 10.1. The number of hydrogen-bond donors (Lipinski definition) is 0. The fourth-order valence-corrected chi connectivity index (χ4v) is 0.976. The fraction of sp³-hybridized carbons (Fsp3) is 0.667. The van der Waals surface area contributed by atoms with Crippen LogP contribution in [0, 0.1) is 19.8 Å². The molecule has 0 unspecified atom stereocenters. The van der Waals surface area contributed by atoms with Gasteiger partial charge in [-0.15, -0.1) is 0 Å². The largest absolute Gasteiger partial charge is 0.446 e. The average molecular weight is 153 g/mol. The van der Waals surface area contributed by atoms with Crippen molar-refractivity contribution < 1.29 is 4.42 Å². The second-order valence-electron chi connectivity index (χ2n) is 3.35. The third-order valence-corrected chi connectivity index (χ3v) is 1.66. The molecule has 0 radical (unpaired) electrons. The van der Waals surface area contributed by atoms with E-state index in [1.807, 2.05) is 13.8 Å². The normalized spacial score (nSPS) is 11.0. The lowest BCUT2D eigenvalue weighted by Gasteiger charge is -1.97. The minimum atomic E-state index is 0.618. The lowest BCUT2D eigenvalue weighted by molar-refractivity contribution is 0.440. The Morgan fingerprint density at radius 1 is 1.36 bits per heavy atom. The Hall–Kier alpha value is -0.790. The number of aromatic nitrogens is 1. The lowest BCUT2D eigenvalue weighted by Crippen LogP contribution is -1.93. The molecule has 0 N–H and O–H groups in total. The van der Waals surface area contributed by atoms with Crippen molar-refractivity contribution >= 4 is 0 Å². The van der Waals surface area contributed by atoms with E-state index in [1.54, 1.807) is 0 Å². The zero-order valence-electron chi connectivity index (χ0n) is 7.64. The van der Waals surface area contributed by atoms with Gasteiger partial charge in [-0.25, -0.2) is 4.98 Å². The van der Waals surface area contributed by atoms with Gasteiger partial charge in [0.25, 0.3) is 0 Å². The van der Waals surface area contributed by atoms with Gasteiger partial charge in [0.15, 0.2) is 5.89 Å². The molecule has 0 bridgehead atoms. The van der Waals surface area contributed by atoms with Crippen molar-refractivity contribution in [3.63, 3.8) is 0 Å². The highest BCUT2D eigenvalue weighted by Crippen LogP contribution is 2.11. The number of hydrogen-bond acceptors (Lipinski definition) is 2. The van der Waals surface area contributed by atoms with Crippen molar-refractivity contribution in [3.8, 4) is 0 Å². The van der Waals surface area contributed by atoms with E-state index in [4.69, 9.17) is 4.42 Å². The summed E-state index contributed by atoms with van der Waals surface area (Å²) in [6.07, 6.45) is 0.939. The van der Waals surface area contributed by atoms with Gasteiger partial charge in [-0.3, -0.25) is 0 Å². The van der Waals surface area contributed by atoms with Crippen molar-refractivity contribution in [2.45, 2.75) is 34.1 Å². The molecule has 0 aliphatic rings. The van der Waals surface area contributed by atoms with Crippen LogP contribution in [0.4, 0.5) is 0 Å². The van der Waals surface area contributed by atoms with Crippen LogP contribution in [0.1, 0.15) is 31.2 Å². The molecular formula is C9H15NO. The molecule has 1 aromatic rings. The Kier molecular flexibility index (Phi) is 2.32. The zero-order valence-corrected chi connectivity index (χ0v) is 7.64. The van der Waals surface area contributed by atoms with Crippen molar-refractivity contribution in [3.05, 3.63) is 17.3 Å². The number of rotatable bonds is 2. The highest BCUT2D eigenvalue weighted by atomic mass is 16.4. The second-order valence-corrected chi connectivity index (χ2v) is 3.35. The summed E-state index contributed by atoms with van der Waals surface area (Å²) in [6.45, 7) is 8.25. The maximum absolute atomic E-state index is 5.41. The van der Waals surface area contributed by atoms with Crippen molar-refractivity contribution in [1.82, 2.24) is 4.98 Å².